The Hall–Kier alpha value is -3.36. The van der Waals surface area contributed by atoms with Crippen molar-refractivity contribution in [3.05, 3.63) is 78.4 Å². The number of hydrogen-bond acceptors (Lipinski definition) is 5. The second kappa shape index (κ2) is 10.7. The molecule has 202 valence electrons. The minimum absolute atomic E-state index is 0.0188. The lowest BCUT2D eigenvalue weighted by atomic mass is 9.70. The zero-order chi connectivity index (χ0) is 27.0. The van der Waals surface area contributed by atoms with Crippen molar-refractivity contribution in [3.63, 3.8) is 0 Å². The monoisotopic (exact) mass is 543 g/mol. The van der Waals surface area contributed by atoms with Gasteiger partial charge in [0.1, 0.15) is 6.04 Å². The van der Waals surface area contributed by atoms with Crippen LogP contribution >= 0.6 is 11.8 Å². The number of anilines is 1. The van der Waals surface area contributed by atoms with E-state index in [2.05, 4.69) is 10.6 Å². The lowest BCUT2D eigenvalue weighted by Crippen LogP contribution is -2.51. The predicted octanol–water partition coefficient (Wildman–Crippen LogP) is 3.96. The molecule has 3 aliphatic rings. The molecule has 0 aromatic heterocycles. The Labute approximate surface area is 232 Å². The summed E-state index contributed by atoms with van der Waals surface area (Å²) in [5.74, 6) is -1.41. The number of rotatable bonds is 9. The van der Waals surface area contributed by atoms with Gasteiger partial charge in [-0.1, -0.05) is 60.7 Å². The Morgan fingerprint density at radius 3 is 2.54 bits per heavy atom. The summed E-state index contributed by atoms with van der Waals surface area (Å²) in [6, 6.07) is 22.9. The highest BCUT2D eigenvalue weighted by Gasteiger charge is 2.73. The molecule has 3 amide bonds. The van der Waals surface area contributed by atoms with E-state index in [-0.39, 0.29) is 29.6 Å². The van der Waals surface area contributed by atoms with Gasteiger partial charge in [0.05, 0.1) is 16.6 Å². The largest absolute Gasteiger partial charge is 0.396 e. The molecule has 3 aromatic rings. The molecule has 0 saturated carbocycles. The number of nitrogens with zero attached hydrogens (tertiary/aromatic N) is 1. The van der Waals surface area contributed by atoms with Crippen LogP contribution in [0, 0.1) is 11.8 Å². The number of unbranched alkanes of at least 4 members (excludes halogenated alkanes) is 1. The normalized spacial score (nSPS) is 27.1. The molecule has 3 aliphatic heterocycles. The third-order valence-electron chi connectivity index (χ3n) is 8.48. The molecule has 3 aromatic carbocycles. The Bertz CT molecular complexity index is 1400. The van der Waals surface area contributed by atoms with Gasteiger partial charge in [-0.3, -0.25) is 14.4 Å². The SMILES string of the molecule is O=C(Nc1ccc2ccccc2c1)C1N(CCCCO)C(=O)[C@@H]2[C@@H](C(=O)NCc3ccccc3)[C@H]3CCC12S3. The highest BCUT2D eigenvalue weighted by atomic mass is 32.2. The number of aliphatic hydroxyl groups is 1. The van der Waals surface area contributed by atoms with Crippen molar-refractivity contribution in [3.8, 4) is 0 Å². The first-order chi connectivity index (χ1) is 19.0. The molecule has 0 aliphatic carbocycles. The minimum Gasteiger partial charge on any atom is -0.396 e. The van der Waals surface area contributed by atoms with Crippen LogP contribution in [0.25, 0.3) is 10.8 Å². The van der Waals surface area contributed by atoms with E-state index in [1.165, 1.54) is 0 Å². The van der Waals surface area contributed by atoms with E-state index < -0.39 is 22.6 Å². The van der Waals surface area contributed by atoms with Crippen LogP contribution in [0.5, 0.6) is 0 Å². The highest BCUT2D eigenvalue weighted by Crippen LogP contribution is 2.66. The number of carbonyl (C=O) groups is 3. The van der Waals surface area contributed by atoms with Gasteiger partial charge in [0.25, 0.3) is 0 Å². The van der Waals surface area contributed by atoms with Crippen molar-refractivity contribution in [2.75, 3.05) is 18.5 Å². The van der Waals surface area contributed by atoms with Crippen LogP contribution in [0.4, 0.5) is 5.69 Å². The average molecular weight is 544 g/mol. The number of thioether (sulfide) groups is 1. The molecule has 7 nitrogen and oxygen atoms in total. The summed E-state index contributed by atoms with van der Waals surface area (Å²) in [5, 5.41) is 17.7. The summed E-state index contributed by atoms with van der Waals surface area (Å²) in [7, 11) is 0. The minimum atomic E-state index is -0.665. The molecular formula is C31H33N3O4S. The Balaban J connectivity index is 1.27. The highest BCUT2D eigenvalue weighted by molar-refractivity contribution is 8.02. The maximum absolute atomic E-state index is 14.0. The van der Waals surface area contributed by atoms with Crippen LogP contribution in [0.15, 0.2) is 72.8 Å². The van der Waals surface area contributed by atoms with Crippen LogP contribution in [0.1, 0.15) is 31.2 Å². The topological polar surface area (TPSA) is 98.7 Å². The summed E-state index contributed by atoms with van der Waals surface area (Å²) >= 11 is 1.67. The summed E-state index contributed by atoms with van der Waals surface area (Å²) in [6.07, 6.45) is 2.69. The van der Waals surface area contributed by atoms with Gasteiger partial charge in [-0.05, 0) is 54.2 Å². The predicted molar refractivity (Wildman–Crippen MR) is 153 cm³/mol. The number of benzene rings is 3. The second-order valence-electron chi connectivity index (χ2n) is 10.8. The number of amides is 3. The molecule has 6 rings (SSSR count). The van der Waals surface area contributed by atoms with Crippen LogP contribution in [0.2, 0.25) is 0 Å². The van der Waals surface area contributed by atoms with Crippen LogP contribution in [0.3, 0.4) is 0 Å². The lowest BCUT2D eigenvalue weighted by Gasteiger charge is -2.34. The van der Waals surface area contributed by atoms with Gasteiger partial charge in [0.2, 0.25) is 17.7 Å². The Kier molecular flexibility index (Phi) is 7.08. The fourth-order valence-electron chi connectivity index (χ4n) is 6.77. The standard InChI is InChI=1S/C31H33N3O4S/c35-17-7-6-16-34-27(29(37)33-23-13-12-21-10-4-5-11-22(21)18-23)31-15-14-24(39-31)25(26(31)30(34)38)28(36)32-19-20-8-2-1-3-9-20/h1-5,8-13,18,24-27,35H,6-7,14-17,19H2,(H,32,36)(H,33,37)/t24-,25+,26+,27?,31?/m1/s1. The van der Waals surface area contributed by atoms with Gasteiger partial charge in [-0.2, -0.15) is 0 Å². The van der Waals surface area contributed by atoms with E-state index in [0.717, 1.165) is 29.2 Å². The number of hydrogen-bond donors (Lipinski definition) is 3. The quantitative estimate of drug-likeness (QED) is 0.355. The van der Waals surface area contributed by atoms with E-state index in [4.69, 9.17) is 0 Å². The van der Waals surface area contributed by atoms with E-state index in [9.17, 15) is 19.5 Å². The first-order valence-corrected chi connectivity index (χ1v) is 14.6. The molecule has 5 atom stereocenters. The molecule has 3 saturated heterocycles. The first-order valence-electron chi connectivity index (χ1n) is 13.7. The Morgan fingerprint density at radius 2 is 1.74 bits per heavy atom. The van der Waals surface area contributed by atoms with Crippen molar-refractivity contribution < 1.29 is 19.5 Å². The van der Waals surface area contributed by atoms with Crippen molar-refractivity contribution in [1.29, 1.82) is 0 Å². The molecule has 2 unspecified atom stereocenters. The molecule has 2 bridgehead atoms. The lowest BCUT2D eigenvalue weighted by molar-refractivity contribution is -0.139. The smallest absolute Gasteiger partial charge is 0.248 e. The van der Waals surface area contributed by atoms with E-state index in [0.29, 0.717) is 31.6 Å². The molecule has 3 N–H and O–H groups in total. The first kappa shape index (κ1) is 25.9. The van der Waals surface area contributed by atoms with Crippen LogP contribution < -0.4 is 10.6 Å². The molecule has 39 heavy (non-hydrogen) atoms. The maximum Gasteiger partial charge on any atom is 0.248 e. The van der Waals surface area contributed by atoms with Gasteiger partial charge in [-0.25, -0.2) is 0 Å². The third-order valence-corrected chi connectivity index (χ3v) is 10.4. The average Bonchev–Trinajstić information content (AvgIpc) is 3.60. The maximum atomic E-state index is 14.0. The zero-order valence-corrected chi connectivity index (χ0v) is 22.5. The van der Waals surface area contributed by atoms with Crippen molar-refractivity contribution >= 4 is 45.9 Å². The number of nitrogens with one attached hydrogen (secondary N) is 2. The molecular weight excluding hydrogens is 510 g/mol. The van der Waals surface area contributed by atoms with Gasteiger partial charge in [-0.15, -0.1) is 11.8 Å². The van der Waals surface area contributed by atoms with E-state index in [1.807, 2.05) is 72.8 Å². The Morgan fingerprint density at radius 1 is 0.974 bits per heavy atom. The molecule has 1 spiro atoms. The number of carbonyl (C=O) groups excluding carboxylic acids is 3. The van der Waals surface area contributed by atoms with E-state index >= 15 is 0 Å². The summed E-state index contributed by atoms with van der Waals surface area (Å²) in [6.45, 7) is 0.830. The molecule has 0 radical (unpaired) electrons. The van der Waals surface area contributed by atoms with Crippen molar-refractivity contribution in [1.82, 2.24) is 10.2 Å². The zero-order valence-electron chi connectivity index (χ0n) is 21.7. The second-order valence-corrected chi connectivity index (χ2v) is 12.4. The fourth-order valence-corrected chi connectivity index (χ4v) is 8.99. The van der Waals surface area contributed by atoms with Gasteiger partial charge in [0, 0.05) is 30.6 Å². The molecule has 8 heteroatoms. The number of fused-ring (bicyclic) bond motifs is 2. The van der Waals surface area contributed by atoms with Crippen LogP contribution in [-0.4, -0.2) is 56.9 Å². The molecule has 3 fully saturated rings. The van der Waals surface area contributed by atoms with Crippen molar-refractivity contribution in [2.45, 2.75) is 48.3 Å². The van der Waals surface area contributed by atoms with Crippen molar-refractivity contribution in [2.24, 2.45) is 11.8 Å². The summed E-state index contributed by atoms with van der Waals surface area (Å²) < 4.78 is -0.628. The summed E-state index contributed by atoms with van der Waals surface area (Å²) in [4.78, 5) is 43.2. The molecule has 3 heterocycles. The van der Waals surface area contributed by atoms with Gasteiger partial charge in [0.15, 0.2) is 0 Å². The summed E-state index contributed by atoms with van der Waals surface area (Å²) in [5.41, 5.74) is 1.70. The number of likely N-dealkylation sites (tertiary alicyclic amines) is 1. The third kappa shape index (κ3) is 4.59. The fraction of sp³-hybridized carbons (Fsp3) is 0.387. The van der Waals surface area contributed by atoms with Gasteiger partial charge < -0.3 is 20.6 Å². The van der Waals surface area contributed by atoms with E-state index in [1.54, 1.807) is 16.7 Å². The number of aliphatic hydroxyl groups excluding tert-OH is 1. The van der Waals surface area contributed by atoms with Crippen LogP contribution in [-0.2, 0) is 20.9 Å². The van der Waals surface area contributed by atoms with Gasteiger partial charge >= 0.3 is 0 Å².